The first-order valence-electron chi connectivity index (χ1n) is 7.61. The Kier molecular flexibility index (Phi) is 4.39. The van der Waals surface area contributed by atoms with Crippen LogP contribution in [0.1, 0.15) is 35.5 Å². The SMILES string of the molecule is CC(CC(O)c1ccccc1)NC(=O)c1cnc2ccccn12. The summed E-state index contributed by atoms with van der Waals surface area (Å²) in [4.78, 5) is 16.6. The Morgan fingerprint density at radius 1 is 1.22 bits per heavy atom. The summed E-state index contributed by atoms with van der Waals surface area (Å²) >= 11 is 0. The summed E-state index contributed by atoms with van der Waals surface area (Å²) in [5.41, 5.74) is 2.07. The smallest absolute Gasteiger partial charge is 0.270 e. The molecular weight excluding hydrogens is 290 g/mol. The Hall–Kier alpha value is -2.66. The third-order valence-electron chi connectivity index (χ3n) is 3.79. The number of carbonyl (C=O) groups excluding carboxylic acids is 1. The molecule has 23 heavy (non-hydrogen) atoms. The highest BCUT2D eigenvalue weighted by Gasteiger charge is 2.17. The van der Waals surface area contributed by atoms with Crippen LogP contribution >= 0.6 is 0 Å². The number of rotatable bonds is 5. The molecule has 0 saturated carbocycles. The number of amides is 1. The van der Waals surface area contributed by atoms with Crippen LogP contribution in [0.2, 0.25) is 0 Å². The molecule has 118 valence electrons. The van der Waals surface area contributed by atoms with Gasteiger partial charge in [0.15, 0.2) is 0 Å². The van der Waals surface area contributed by atoms with Crippen LogP contribution in [0.3, 0.4) is 0 Å². The van der Waals surface area contributed by atoms with E-state index in [-0.39, 0.29) is 11.9 Å². The molecule has 2 atom stereocenters. The number of aliphatic hydroxyl groups is 1. The van der Waals surface area contributed by atoms with E-state index in [4.69, 9.17) is 0 Å². The lowest BCUT2D eigenvalue weighted by atomic mass is 10.0. The van der Waals surface area contributed by atoms with E-state index in [2.05, 4.69) is 10.3 Å². The molecule has 1 amide bonds. The highest BCUT2D eigenvalue weighted by molar-refractivity contribution is 5.93. The molecule has 0 aliphatic heterocycles. The molecule has 0 spiro atoms. The van der Waals surface area contributed by atoms with Gasteiger partial charge in [-0.1, -0.05) is 36.4 Å². The van der Waals surface area contributed by atoms with E-state index < -0.39 is 6.10 Å². The number of imidazole rings is 1. The van der Waals surface area contributed by atoms with Crippen molar-refractivity contribution in [3.63, 3.8) is 0 Å². The van der Waals surface area contributed by atoms with Gasteiger partial charge in [0.1, 0.15) is 11.3 Å². The molecule has 3 aromatic rings. The largest absolute Gasteiger partial charge is 0.388 e. The molecule has 5 heteroatoms. The van der Waals surface area contributed by atoms with Gasteiger partial charge in [0.2, 0.25) is 0 Å². The fourth-order valence-electron chi connectivity index (χ4n) is 2.60. The molecule has 0 radical (unpaired) electrons. The topological polar surface area (TPSA) is 66.6 Å². The minimum atomic E-state index is -0.603. The van der Waals surface area contributed by atoms with Gasteiger partial charge in [-0.3, -0.25) is 9.20 Å². The Morgan fingerprint density at radius 3 is 2.74 bits per heavy atom. The zero-order valence-corrected chi connectivity index (χ0v) is 12.9. The number of aliphatic hydroxyl groups excluding tert-OH is 1. The van der Waals surface area contributed by atoms with E-state index in [1.165, 1.54) is 0 Å². The van der Waals surface area contributed by atoms with E-state index >= 15 is 0 Å². The van der Waals surface area contributed by atoms with Gasteiger partial charge in [0.25, 0.3) is 5.91 Å². The normalized spacial score (nSPS) is 13.7. The highest BCUT2D eigenvalue weighted by atomic mass is 16.3. The first-order chi connectivity index (χ1) is 11.1. The zero-order chi connectivity index (χ0) is 16.2. The Morgan fingerprint density at radius 2 is 1.96 bits per heavy atom. The van der Waals surface area contributed by atoms with Crippen LogP contribution in [0, 0.1) is 0 Å². The fourth-order valence-corrected chi connectivity index (χ4v) is 2.60. The Bertz CT molecular complexity index is 798. The second kappa shape index (κ2) is 6.62. The molecule has 3 rings (SSSR count). The van der Waals surface area contributed by atoms with E-state index in [0.717, 1.165) is 11.2 Å². The molecule has 2 unspecified atom stereocenters. The van der Waals surface area contributed by atoms with Gasteiger partial charge in [0, 0.05) is 12.2 Å². The monoisotopic (exact) mass is 309 g/mol. The number of nitrogens with zero attached hydrogens (tertiary/aromatic N) is 2. The minimum absolute atomic E-state index is 0.160. The van der Waals surface area contributed by atoms with Crippen LogP contribution in [-0.4, -0.2) is 26.4 Å². The van der Waals surface area contributed by atoms with Crippen LogP contribution in [0.4, 0.5) is 0 Å². The first-order valence-corrected chi connectivity index (χ1v) is 7.61. The first kappa shape index (κ1) is 15.2. The second-order valence-corrected chi connectivity index (χ2v) is 5.61. The summed E-state index contributed by atoms with van der Waals surface area (Å²) < 4.78 is 1.75. The standard InChI is InChI=1S/C18H19N3O2/c1-13(11-16(22)14-7-3-2-4-8-14)20-18(23)15-12-19-17-9-5-6-10-21(15)17/h2-10,12-13,16,22H,11H2,1H3,(H,20,23). The number of benzene rings is 1. The molecule has 0 aliphatic carbocycles. The maximum atomic E-state index is 12.4. The molecule has 1 aromatic carbocycles. The summed E-state index contributed by atoms with van der Waals surface area (Å²) in [6.07, 6.45) is 3.21. The summed E-state index contributed by atoms with van der Waals surface area (Å²) in [7, 11) is 0. The number of hydrogen-bond donors (Lipinski definition) is 2. The van der Waals surface area contributed by atoms with E-state index in [0.29, 0.717) is 12.1 Å². The van der Waals surface area contributed by atoms with Crippen LogP contribution in [0.25, 0.3) is 5.65 Å². The summed E-state index contributed by atoms with van der Waals surface area (Å²) in [5.74, 6) is -0.198. The van der Waals surface area contributed by atoms with Crippen LogP contribution in [-0.2, 0) is 0 Å². The highest BCUT2D eigenvalue weighted by Crippen LogP contribution is 2.18. The van der Waals surface area contributed by atoms with Gasteiger partial charge < -0.3 is 10.4 Å². The van der Waals surface area contributed by atoms with Crippen LogP contribution in [0.5, 0.6) is 0 Å². The average Bonchev–Trinajstić information content (AvgIpc) is 2.99. The van der Waals surface area contributed by atoms with Gasteiger partial charge in [0.05, 0.1) is 12.3 Å². The summed E-state index contributed by atoms with van der Waals surface area (Å²) in [6, 6.07) is 14.9. The molecular formula is C18H19N3O2. The van der Waals surface area contributed by atoms with Crippen molar-refractivity contribution >= 4 is 11.6 Å². The van der Waals surface area contributed by atoms with Gasteiger partial charge in [-0.2, -0.15) is 0 Å². The molecule has 0 aliphatic rings. The number of aromatic nitrogens is 2. The van der Waals surface area contributed by atoms with Gasteiger partial charge >= 0.3 is 0 Å². The molecule has 0 fully saturated rings. The number of pyridine rings is 1. The van der Waals surface area contributed by atoms with Crippen LogP contribution < -0.4 is 5.32 Å². The number of nitrogens with one attached hydrogen (secondary N) is 1. The lowest BCUT2D eigenvalue weighted by molar-refractivity contribution is 0.0911. The fraction of sp³-hybridized carbons (Fsp3) is 0.222. The van der Waals surface area contributed by atoms with E-state index in [9.17, 15) is 9.90 Å². The molecule has 0 saturated heterocycles. The van der Waals surface area contributed by atoms with Crippen molar-refractivity contribution in [3.05, 3.63) is 72.2 Å². The molecule has 2 N–H and O–H groups in total. The van der Waals surface area contributed by atoms with Crippen molar-refractivity contribution in [2.24, 2.45) is 0 Å². The summed E-state index contributed by atoms with van der Waals surface area (Å²) in [6.45, 7) is 1.88. The second-order valence-electron chi connectivity index (χ2n) is 5.61. The van der Waals surface area contributed by atoms with E-state index in [1.807, 2.05) is 55.5 Å². The lowest BCUT2D eigenvalue weighted by Gasteiger charge is -2.18. The molecule has 5 nitrogen and oxygen atoms in total. The Labute approximate surface area is 134 Å². The average molecular weight is 309 g/mol. The Balaban J connectivity index is 1.65. The van der Waals surface area contributed by atoms with Crippen LogP contribution in [0.15, 0.2) is 60.9 Å². The maximum absolute atomic E-state index is 12.4. The molecule has 2 aromatic heterocycles. The maximum Gasteiger partial charge on any atom is 0.270 e. The van der Waals surface area contributed by atoms with Crippen molar-refractivity contribution in [1.82, 2.24) is 14.7 Å². The minimum Gasteiger partial charge on any atom is -0.388 e. The zero-order valence-electron chi connectivity index (χ0n) is 12.9. The molecule has 0 bridgehead atoms. The third-order valence-corrected chi connectivity index (χ3v) is 3.79. The number of carbonyl (C=O) groups is 1. The molecule has 2 heterocycles. The van der Waals surface area contributed by atoms with Crippen molar-refractivity contribution in [1.29, 1.82) is 0 Å². The predicted molar refractivity (Wildman–Crippen MR) is 88.1 cm³/mol. The lowest BCUT2D eigenvalue weighted by Crippen LogP contribution is -2.34. The van der Waals surface area contributed by atoms with Gasteiger partial charge in [-0.05, 0) is 31.0 Å². The van der Waals surface area contributed by atoms with E-state index in [1.54, 1.807) is 16.8 Å². The predicted octanol–water partition coefficient (Wildman–Crippen LogP) is 2.58. The number of fused-ring (bicyclic) bond motifs is 1. The third kappa shape index (κ3) is 3.40. The number of hydrogen-bond acceptors (Lipinski definition) is 3. The van der Waals surface area contributed by atoms with Crippen molar-refractivity contribution < 1.29 is 9.90 Å². The van der Waals surface area contributed by atoms with Crippen molar-refractivity contribution in [3.8, 4) is 0 Å². The quantitative estimate of drug-likeness (QED) is 0.761. The van der Waals surface area contributed by atoms with Crippen molar-refractivity contribution in [2.75, 3.05) is 0 Å². The van der Waals surface area contributed by atoms with Gasteiger partial charge in [-0.15, -0.1) is 0 Å². The van der Waals surface area contributed by atoms with Crippen molar-refractivity contribution in [2.45, 2.75) is 25.5 Å². The summed E-state index contributed by atoms with van der Waals surface area (Å²) in [5, 5.41) is 13.2. The van der Waals surface area contributed by atoms with Gasteiger partial charge in [-0.25, -0.2) is 4.98 Å².